The van der Waals surface area contributed by atoms with Crippen LogP contribution in [0.3, 0.4) is 0 Å². The van der Waals surface area contributed by atoms with Crippen LogP contribution in [0, 0.1) is 11.3 Å². The molecule has 1 aromatic rings. The number of hydrogen-bond donors (Lipinski definition) is 0. The number of allylic oxidation sites excluding steroid dienone is 4. The lowest BCUT2D eigenvalue weighted by Crippen LogP contribution is -2.22. The Morgan fingerprint density at radius 1 is 1.23 bits per heavy atom. The highest BCUT2D eigenvalue weighted by Crippen LogP contribution is 2.48. The molecule has 3 heteroatoms. The van der Waals surface area contributed by atoms with Gasteiger partial charge in [-0.1, -0.05) is 18.2 Å². The Morgan fingerprint density at radius 2 is 2.18 bits per heavy atom. The van der Waals surface area contributed by atoms with Crippen molar-refractivity contribution in [1.29, 1.82) is 5.26 Å². The van der Waals surface area contributed by atoms with Gasteiger partial charge in [-0.15, -0.1) is 11.8 Å². The second-order valence-electron chi connectivity index (χ2n) is 6.04. The van der Waals surface area contributed by atoms with Crippen LogP contribution in [-0.4, -0.2) is 11.5 Å². The zero-order chi connectivity index (χ0) is 14.9. The molecule has 0 saturated heterocycles. The van der Waals surface area contributed by atoms with Crippen molar-refractivity contribution >= 4 is 17.5 Å². The number of thioether (sulfide) groups is 1. The molecule has 22 heavy (non-hydrogen) atoms. The van der Waals surface area contributed by atoms with E-state index in [0.29, 0.717) is 5.92 Å². The fourth-order valence-corrected chi connectivity index (χ4v) is 4.86. The summed E-state index contributed by atoms with van der Waals surface area (Å²) in [4.78, 5) is 6.42. The Balaban J connectivity index is 1.87. The molecule has 0 bridgehead atoms. The van der Waals surface area contributed by atoms with Crippen molar-refractivity contribution in [2.75, 3.05) is 5.75 Å². The van der Waals surface area contributed by atoms with Gasteiger partial charge in [0.1, 0.15) is 0 Å². The lowest BCUT2D eigenvalue weighted by atomic mass is 9.80. The van der Waals surface area contributed by atoms with Crippen LogP contribution in [0.25, 0.3) is 0 Å². The molecule has 1 unspecified atom stereocenters. The Morgan fingerprint density at radius 3 is 3.09 bits per heavy atom. The maximum Gasteiger partial charge on any atom is 0.0991 e. The highest BCUT2D eigenvalue weighted by molar-refractivity contribution is 8.03. The third-order valence-corrected chi connectivity index (χ3v) is 5.88. The summed E-state index contributed by atoms with van der Waals surface area (Å²) in [5.41, 5.74) is 5.99. The summed E-state index contributed by atoms with van der Waals surface area (Å²) in [7, 11) is 0. The number of fused-ring (bicyclic) bond motifs is 1. The monoisotopic (exact) mass is 306 g/mol. The van der Waals surface area contributed by atoms with Crippen LogP contribution in [0.2, 0.25) is 0 Å². The predicted molar refractivity (Wildman–Crippen MR) is 92.0 cm³/mol. The predicted octanol–water partition coefficient (Wildman–Crippen LogP) is 4.95. The molecule has 110 valence electrons. The number of rotatable bonds is 1. The van der Waals surface area contributed by atoms with Crippen LogP contribution in [0.5, 0.6) is 0 Å². The van der Waals surface area contributed by atoms with Crippen LogP contribution in [0.1, 0.15) is 49.1 Å². The van der Waals surface area contributed by atoms with Gasteiger partial charge in [-0.2, -0.15) is 5.26 Å². The number of hydrogen-bond acceptors (Lipinski definition) is 3. The molecule has 0 amide bonds. The van der Waals surface area contributed by atoms with E-state index in [9.17, 15) is 5.26 Å². The van der Waals surface area contributed by atoms with Crippen molar-refractivity contribution in [3.63, 3.8) is 0 Å². The molecule has 1 aromatic carbocycles. The second-order valence-corrected chi connectivity index (χ2v) is 7.18. The van der Waals surface area contributed by atoms with Gasteiger partial charge >= 0.3 is 0 Å². The molecule has 2 nitrogen and oxygen atoms in total. The smallest absolute Gasteiger partial charge is 0.0991 e. The quantitative estimate of drug-likeness (QED) is 0.736. The van der Waals surface area contributed by atoms with Crippen LogP contribution >= 0.6 is 11.8 Å². The van der Waals surface area contributed by atoms with E-state index < -0.39 is 0 Å². The first-order chi connectivity index (χ1) is 10.9. The first-order valence-corrected chi connectivity index (χ1v) is 8.99. The van der Waals surface area contributed by atoms with E-state index in [1.807, 2.05) is 23.9 Å². The van der Waals surface area contributed by atoms with Gasteiger partial charge in [-0.25, -0.2) is 0 Å². The molecular weight excluding hydrogens is 288 g/mol. The SMILES string of the molecule is N#Cc1cccc(C2C3=CCCCC3=NC3=C2SCCC3)c1. The number of benzene rings is 1. The first-order valence-electron chi connectivity index (χ1n) is 8.01. The van der Waals surface area contributed by atoms with Crippen molar-refractivity contribution in [3.05, 3.63) is 57.6 Å². The van der Waals surface area contributed by atoms with Gasteiger partial charge in [-0.3, -0.25) is 4.99 Å². The molecule has 1 aliphatic carbocycles. The van der Waals surface area contributed by atoms with E-state index in [1.54, 1.807) is 0 Å². The summed E-state index contributed by atoms with van der Waals surface area (Å²) >= 11 is 1.97. The third kappa shape index (κ3) is 2.32. The lowest BCUT2D eigenvalue weighted by Gasteiger charge is -2.34. The summed E-state index contributed by atoms with van der Waals surface area (Å²) in [6.45, 7) is 0. The van der Waals surface area contributed by atoms with Crippen molar-refractivity contribution in [1.82, 2.24) is 0 Å². The minimum absolute atomic E-state index is 0.307. The highest BCUT2D eigenvalue weighted by Gasteiger charge is 2.33. The molecule has 1 atom stereocenters. The third-order valence-electron chi connectivity index (χ3n) is 4.61. The van der Waals surface area contributed by atoms with Crippen molar-refractivity contribution in [2.45, 2.75) is 38.0 Å². The average Bonchev–Trinajstić information content (AvgIpc) is 2.59. The van der Waals surface area contributed by atoms with Gasteiger partial charge in [0, 0.05) is 16.5 Å². The van der Waals surface area contributed by atoms with Gasteiger partial charge in [0.05, 0.1) is 17.3 Å². The van der Waals surface area contributed by atoms with Gasteiger partial charge in [0.2, 0.25) is 0 Å². The average molecular weight is 306 g/mol. The van der Waals surface area contributed by atoms with Gasteiger partial charge < -0.3 is 0 Å². The Labute approximate surface area is 135 Å². The lowest BCUT2D eigenvalue weighted by molar-refractivity contribution is 0.792. The Bertz CT molecular complexity index is 749. The summed E-state index contributed by atoms with van der Waals surface area (Å²) in [5.74, 6) is 1.49. The van der Waals surface area contributed by atoms with E-state index in [2.05, 4.69) is 24.3 Å². The molecule has 0 spiro atoms. The normalized spacial score (nSPS) is 23.9. The summed E-state index contributed by atoms with van der Waals surface area (Å²) < 4.78 is 0. The largest absolute Gasteiger partial charge is 0.257 e. The van der Waals surface area contributed by atoms with Gasteiger partial charge in [0.25, 0.3) is 0 Å². The molecule has 0 aromatic heterocycles. The Hall–Kier alpha value is -1.79. The van der Waals surface area contributed by atoms with E-state index in [4.69, 9.17) is 4.99 Å². The molecule has 0 N–H and O–H groups in total. The van der Waals surface area contributed by atoms with Crippen molar-refractivity contribution in [2.24, 2.45) is 4.99 Å². The van der Waals surface area contributed by atoms with E-state index in [1.165, 1.54) is 46.0 Å². The van der Waals surface area contributed by atoms with Gasteiger partial charge in [0.15, 0.2) is 0 Å². The maximum atomic E-state index is 9.22. The molecular formula is C19H18N2S. The van der Waals surface area contributed by atoms with Crippen LogP contribution < -0.4 is 0 Å². The molecule has 4 rings (SSSR count). The molecule has 3 aliphatic rings. The minimum atomic E-state index is 0.307. The van der Waals surface area contributed by atoms with E-state index in [0.717, 1.165) is 24.8 Å². The number of nitriles is 1. The standard InChI is InChI=1S/C19H18N2S/c20-12-13-5-3-6-14(11-13)18-15-7-1-2-8-16(15)21-17-9-4-10-22-19(17)18/h3,5-7,11,18H,1-2,4,8-10H2. The first kappa shape index (κ1) is 13.8. The van der Waals surface area contributed by atoms with E-state index in [-0.39, 0.29) is 0 Å². The van der Waals surface area contributed by atoms with Crippen molar-refractivity contribution in [3.8, 4) is 6.07 Å². The summed E-state index contributed by atoms with van der Waals surface area (Å²) in [6.07, 6.45) is 8.17. The number of nitrogens with zero attached hydrogens (tertiary/aromatic N) is 2. The Kier molecular flexibility index (Phi) is 3.63. The van der Waals surface area contributed by atoms with Crippen molar-refractivity contribution < 1.29 is 0 Å². The zero-order valence-electron chi connectivity index (χ0n) is 12.5. The fraction of sp³-hybridized carbons (Fsp3) is 0.368. The highest BCUT2D eigenvalue weighted by atomic mass is 32.2. The molecule has 0 fully saturated rings. The summed E-state index contributed by atoms with van der Waals surface area (Å²) in [6, 6.07) is 10.4. The maximum absolute atomic E-state index is 9.22. The van der Waals surface area contributed by atoms with Crippen LogP contribution in [0.15, 0.2) is 51.5 Å². The molecule has 2 aliphatic heterocycles. The minimum Gasteiger partial charge on any atom is -0.257 e. The van der Waals surface area contributed by atoms with Crippen LogP contribution in [-0.2, 0) is 0 Å². The van der Waals surface area contributed by atoms with Crippen LogP contribution in [0.4, 0.5) is 0 Å². The topological polar surface area (TPSA) is 36.1 Å². The molecule has 0 saturated carbocycles. The van der Waals surface area contributed by atoms with Gasteiger partial charge in [-0.05, 0) is 61.1 Å². The fourth-order valence-electron chi connectivity index (χ4n) is 3.61. The number of aliphatic imine (C=N–C) groups is 1. The molecule has 2 heterocycles. The summed E-state index contributed by atoms with van der Waals surface area (Å²) in [5, 5.41) is 9.22. The van der Waals surface area contributed by atoms with E-state index >= 15 is 0 Å². The molecule has 0 radical (unpaired) electrons. The zero-order valence-corrected chi connectivity index (χ0v) is 13.3. The second kappa shape index (κ2) is 5.78.